The summed E-state index contributed by atoms with van der Waals surface area (Å²) in [5, 5.41) is 3.30. The average Bonchev–Trinajstić information content (AvgIpc) is 2.16. The van der Waals surface area contributed by atoms with E-state index in [1.165, 1.54) is 38.5 Å². The molecule has 0 aliphatic heterocycles. The van der Waals surface area contributed by atoms with Crippen molar-refractivity contribution in [1.29, 1.82) is 0 Å². The lowest BCUT2D eigenvalue weighted by Gasteiger charge is -2.02. The number of rotatable bonds is 10. The van der Waals surface area contributed by atoms with Crippen LogP contribution in [0.1, 0.15) is 44.9 Å². The van der Waals surface area contributed by atoms with Crippen LogP contribution in [-0.4, -0.2) is 19.6 Å². The van der Waals surface area contributed by atoms with Crippen molar-refractivity contribution >= 4 is 0 Å². The van der Waals surface area contributed by atoms with Gasteiger partial charge in [-0.3, -0.25) is 0 Å². The van der Waals surface area contributed by atoms with Gasteiger partial charge in [-0.1, -0.05) is 45.4 Å². The third-order valence-electron chi connectivity index (χ3n) is 2.17. The zero-order chi connectivity index (χ0) is 9.78. The van der Waals surface area contributed by atoms with E-state index in [1.807, 2.05) is 0 Å². The number of nitrogens with one attached hydrogen (secondary N) is 1. The molecule has 0 aromatic heterocycles. The molecule has 79 valence electrons. The highest BCUT2D eigenvalue weighted by molar-refractivity contribution is 4.50. The summed E-state index contributed by atoms with van der Waals surface area (Å²) in [5.41, 5.74) is 5.36. The molecule has 0 fully saturated rings. The van der Waals surface area contributed by atoms with Gasteiger partial charge in [0.25, 0.3) is 0 Å². The first-order chi connectivity index (χ1) is 6.41. The summed E-state index contributed by atoms with van der Waals surface area (Å²) in [6.45, 7) is 6.68. The van der Waals surface area contributed by atoms with Crippen LogP contribution in [0.3, 0.4) is 0 Å². The second-order valence-electron chi connectivity index (χ2n) is 3.51. The Labute approximate surface area is 83.3 Å². The van der Waals surface area contributed by atoms with Crippen LogP contribution in [0, 0.1) is 6.92 Å². The summed E-state index contributed by atoms with van der Waals surface area (Å²) in [7, 11) is 0. The van der Waals surface area contributed by atoms with Gasteiger partial charge >= 0.3 is 0 Å². The maximum atomic E-state index is 5.36. The molecule has 0 heterocycles. The molecule has 0 spiro atoms. The Hall–Kier alpha value is -0.0800. The molecule has 0 saturated heterocycles. The van der Waals surface area contributed by atoms with Crippen molar-refractivity contribution in [3.8, 4) is 0 Å². The molecule has 0 rings (SSSR count). The average molecular weight is 185 g/mol. The number of nitrogens with two attached hydrogens (primary N) is 1. The Morgan fingerprint density at radius 3 is 2.08 bits per heavy atom. The number of unbranched alkanes of at least 4 members (excludes halogenated alkanes) is 6. The van der Waals surface area contributed by atoms with Gasteiger partial charge in [-0.05, 0) is 13.0 Å². The summed E-state index contributed by atoms with van der Waals surface area (Å²) in [4.78, 5) is 0. The summed E-state index contributed by atoms with van der Waals surface area (Å²) < 4.78 is 0. The molecule has 1 radical (unpaired) electrons. The highest BCUT2D eigenvalue weighted by Gasteiger charge is 1.90. The van der Waals surface area contributed by atoms with Crippen LogP contribution < -0.4 is 11.1 Å². The summed E-state index contributed by atoms with van der Waals surface area (Å²) in [5.74, 6) is 0. The second-order valence-corrected chi connectivity index (χ2v) is 3.51. The largest absolute Gasteiger partial charge is 0.329 e. The minimum atomic E-state index is 0.753. The summed E-state index contributed by atoms with van der Waals surface area (Å²) >= 11 is 0. The van der Waals surface area contributed by atoms with E-state index in [9.17, 15) is 0 Å². The lowest BCUT2D eigenvalue weighted by Crippen LogP contribution is -2.23. The van der Waals surface area contributed by atoms with Gasteiger partial charge in [0.05, 0.1) is 0 Å². The van der Waals surface area contributed by atoms with Crippen molar-refractivity contribution in [2.75, 3.05) is 19.6 Å². The molecule has 0 atom stereocenters. The zero-order valence-electron chi connectivity index (χ0n) is 8.86. The standard InChI is InChI=1S/C11H25N2/c1-2-3-4-5-6-7-8-10-13-11-9-12/h13H,1-12H2. The van der Waals surface area contributed by atoms with Gasteiger partial charge in [-0.25, -0.2) is 0 Å². The van der Waals surface area contributed by atoms with E-state index in [1.54, 1.807) is 0 Å². The lowest BCUT2D eigenvalue weighted by atomic mass is 10.1. The third-order valence-corrected chi connectivity index (χ3v) is 2.17. The van der Waals surface area contributed by atoms with E-state index in [0.29, 0.717) is 0 Å². The molecule has 0 unspecified atom stereocenters. The Morgan fingerprint density at radius 2 is 1.46 bits per heavy atom. The van der Waals surface area contributed by atoms with Crippen LogP contribution in [0.2, 0.25) is 0 Å². The highest BCUT2D eigenvalue weighted by Crippen LogP contribution is 2.05. The smallest absolute Gasteiger partial charge is 0.00745 e. The summed E-state index contributed by atoms with van der Waals surface area (Å²) in [6, 6.07) is 0. The minimum Gasteiger partial charge on any atom is -0.329 e. The third kappa shape index (κ3) is 11.9. The highest BCUT2D eigenvalue weighted by atomic mass is 14.9. The van der Waals surface area contributed by atoms with E-state index in [0.717, 1.165) is 26.1 Å². The van der Waals surface area contributed by atoms with Crippen molar-refractivity contribution in [3.05, 3.63) is 6.92 Å². The molecule has 0 aliphatic rings. The fraction of sp³-hybridized carbons (Fsp3) is 0.909. The molecular weight excluding hydrogens is 160 g/mol. The quantitative estimate of drug-likeness (QED) is 0.512. The Kier molecular flexibility index (Phi) is 11.8. The van der Waals surface area contributed by atoms with Gasteiger partial charge in [-0.2, -0.15) is 0 Å². The van der Waals surface area contributed by atoms with Gasteiger partial charge in [0.1, 0.15) is 0 Å². The SMILES string of the molecule is [CH2]CCCCCCCCNCCN. The Morgan fingerprint density at radius 1 is 0.846 bits per heavy atom. The molecule has 2 nitrogen and oxygen atoms in total. The normalized spacial score (nSPS) is 10.6. The molecule has 3 N–H and O–H groups in total. The van der Waals surface area contributed by atoms with Crippen LogP contribution in [0.15, 0.2) is 0 Å². The van der Waals surface area contributed by atoms with E-state index in [4.69, 9.17) is 5.73 Å². The number of hydrogen-bond acceptors (Lipinski definition) is 2. The van der Waals surface area contributed by atoms with Gasteiger partial charge in [0, 0.05) is 13.1 Å². The molecule has 13 heavy (non-hydrogen) atoms. The monoisotopic (exact) mass is 185 g/mol. The first kappa shape index (κ1) is 12.9. The first-order valence-electron chi connectivity index (χ1n) is 5.62. The van der Waals surface area contributed by atoms with Gasteiger partial charge in [0.2, 0.25) is 0 Å². The van der Waals surface area contributed by atoms with Crippen LogP contribution in [-0.2, 0) is 0 Å². The summed E-state index contributed by atoms with van der Waals surface area (Å²) in [6.07, 6.45) is 9.17. The number of hydrogen-bond donors (Lipinski definition) is 2. The maximum Gasteiger partial charge on any atom is 0.00745 e. The molecule has 0 aliphatic carbocycles. The van der Waals surface area contributed by atoms with Gasteiger partial charge < -0.3 is 11.1 Å². The first-order valence-corrected chi connectivity index (χ1v) is 5.62. The molecular formula is C11H25N2. The maximum absolute atomic E-state index is 5.36. The molecule has 0 aromatic carbocycles. The molecule has 0 bridgehead atoms. The molecule has 2 heteroatoms. The van der Waals surface area contributed by atoms with Crippen molar-refractivity contribution in [2.24, 2.45) is 5.73 Å². The van der Waals surface area contributed by atoms with Gasteiger partial charge in [0.15, 0.2) is 0 Å². The van der Waals surface area contributed by atoms with Crippen molar-refractivity contribution < 1.29 is 0 Å². The van der Waals surface area contributed by atoms with Crippen LogP contribution >= 0.6 is 0 Å². The fourth-order valence-corrected chi connectivity index (χ4v) is 1.36. The molecule has 0 aromatic rings. The van der Waals surface area contributed by atoms with E-state index < -0.39 is 0 Å². The van der Waals surface area contributed by atoms with Gasteiger partial charge in [-0.15, -0.1) is 0 Å². The lowest BCUT2D eigenvalue weighted by molar-refractivity contribution is 0.569. The van der Waals surface area contributed by atoms with Crippen LogP contribution in [0.25, 0.3) is 0 Å². The van der Waals surface area contributed by atoms with Crippen LogP contribution in [0.4, 0.5) is 0 Å². The van der Waals surface area contributed by atoms with Crippen LogP contribution in [0.5, 0.6) is 0 Å². The topological polar surface area (TPSA) is 38.0 Å². The Bertz CT molecular complexity index is 74.2. The zero-order valence-corrected chi connectivity index (χ0v) is 8.86. The fourth-order valence-electron chi connectivity index (χ4n) is 1.36. The van der Waals surface area contributed by atoms with E-state index >= 15 is 0 Å². The molecule has 0 amide bonds. The Balaban J connectivity index is 2.76. The van der Waals surface area contributed by atoms with Crippen molar-refractivity contribution in [3.63, 3.8) is 0 Å². The van der Waals surface area contributed by atoms with E-state index in [-0.39, 0.29) is 0 Å². The predicted octanol–water partition coefficient (Wildman–Crippen LogP) is 2.10. The van der Waals surface area contributed by atoms with E-state index in [2.05, 4.69) is 12.2 Å². The predicted molar refractivity (Wildman–Crippen MR) is 59.6 cm³/mol. The molecule has 0 saturated carbocycles. The van der Waals surface area contributed by atoms with Crippen molar-refractivity contribution in [1.82, 2.24) is 5.32 Å². The van der Waals surface area contributed by atoms with Crippen molar-refractivity contribution in [2.45, 2.75) is 44.9 Å². The second kappa shape index (κ2) is 11.9. The minimum absolute atomic E-state index is 0.753.